The maximum Gasteiger partial charge on any atom is 0.277 e. The smallest absolute Gasteiger partial charge is 0.277 e. The molecule has 0 atom stereocenters. The van der Waals surface area contributed by atoms with Crippen LogP contribution in [0.5, 0.6) is 0 Å². The molecule has 0 radical (unpaired) electrons. The van der Waals surface area contributed by atoms with Crippen molar-refractivity contribution in [3.8, 4) is 0 Å². The minimum Gasteiger partial charge on any atom is -0.321 e. The van der Waals surface area contributed by atoms with E-state index in [9.17, 15) is 9.59 Å². The second kappa shape index (κ2) is 16.0. The Morgan fingerprint density at radius 2 is 1.04 bits per heavy atom. The number of anilines is 1. The fourth-order valence-corrected chi connectivity index (χ4v) is 9.94. The van der Waals surface area contributed by atoms with Crippen molar-refractivity contribution < 1.29 is 38.5 Å². The van der Waals surface area contributed by atoms with Crippen LogP contribution in [0.3, 0.4) is 0 Å². The second-order valence-electron chi connectivity index (χ2n) is 10.4. The van der Waals surface area contributed by atoms with Crippen molar-refractivity contribution in [2.45, 2.75) is 13.8 Å². The molecule has 2 N–H and O–H groups in total. The van der Waals surface area contributed by atoms with Crippen molar-refractivity contribution >= 4 is 52.3 Å². The van der Waals surface area contributed by atoms with Crippen LogP contribution in [0.1, 0.15) is 21.5 Å². The molecule has 11 heteroatoms. The van der Waals surface area contributed by atoms with E-state index in [-0.39, 0.29) is 10.5 Å². The lowest BCUT2D eigenvalue weighted by molar-refractivity contribution is -2.00. The highest BCUT2D eigenvalue weighted by molar-refractivity contribution is 8.00. The van der Waals surface area contributed by atoms with Gasteiger partial charge in [0.25, 0.3) is 11.8 Å². The number of amides is 2. The Balaban J connectivity index is 0.000000930. The van der Waals surface area contributed by atoms with Gasteiger partial charge in [0.05, 0.1) is 0 Å². The second-order valence-corrected chi connectivity index (χ2v) is 15.1. The fraction of sp³-hybridized carbons (Fsp3) is 0.0556. The summed E-state index contributed by atoms with van der Waals surface area (Å²) in [4.78, 5) is 27.9. The van der Waals surface area contributed by atoms with Gasteiger partial charge in [0.15, 0.2) is 13.0 Å². The third-order valence-corrected chi connectivity index (χ3v) is 11.9. The van der Waals surface area contributed by atoms with Gasteiger partial charge in [-0.3, -0.25) is 9.59 Å². The average molecular weight is 690 g/mol. The normalized spacial score (nSPS) is 11.8. The number of hydrogen-bond donors (Lipinski definition) is 2. The van der Waals surface area contributed by atoms with Gasteiger partial charge in [-0.25, -0.2) is 18.6 Å². The molecular weight excluding hydrogens is 658 g/mol. The molecule has 0 aliphatic rings. The summed E-state index contributed by atoms with van der Waals surface area (Å²) < 4.78 is 34.2. The Morgan fingerprint density at radius 3 is 1.47 bits per heavy atom. The first-order valence-corrected chi connectivity index (χ1v) is 17.6. The van der Waals surface area contributed by atoms with Crippen LogP contribution in [0.15, 0.2) is 150 Å². The largest absolute Gasteiger partial charge is 0.321 e. The van der Waals surface area contributed by atoms with Crippen molar-refractivity contribution in [3.05, 3.63) is 167 Å². The summed E-state index contributed by atoms with van der Waals surface area (Å²) in [6.07, 6.45) is 0. The van der Waals surface area contributed by atoms with Gasteiger partial charge in [-0.2, -0.15) is 0 Å². The van der Waals surface area contributed by atoms with Gasteiger partial charge in [0.1, 0.15) is 15.9 Å². The SMILES string of the molecule is Cc1cccc(NC(=O)/C(NC(=O)c2cccc(C)c2)=C(\Cl)[P+](c2ccccc2)(c2ccccc2)c2ccccc2)c1.[O-][Cl+3]([O-])([O-])[O-]. The van der Waals surface area contributed by atoms with E-state index in [0.29, 0.717) is 11.3 Å². The first-order chi connectivity index (χ1) is 22.4. The number of aryl methyl sites for hydroxylation is 2. The van der Waals surface area contributed by atoms with Gasteiger partial charge < -0.3 is 10.6 Å². The monoisotopic (exact) mass is 688 g/mol. The van der Waals surface area contributed by atoms with E-state index < -0.39 is 29.3 Å². The zero-order valence-corrected chi connectivity index (χ0v) is 27.8. The third-order valence-electron chi connectivity index (χ3n) is 6.95. The summed E-state index contributed by atoms with van der Waals surface area (Å²) in [6, 6.07) is 44.7. The first-order valence-electron chi connectivity index (χ1n) is 14.2. The molecule has 0 aromatic heterocycles. The summed E-state index contributed by atoms with van der Waals surface area (Å²) in [5, 5.41) is 8.78. The molecule has 0 saturated heterocycles. The zero-order valence-electron chi connectivity index (χ0n) is 25.4. The Morgan fingerprint density at radius 1 is 0.617 bits per heavy atom. The van der Waals surface area contributed by atoms with Gasteiger partial charge in [-0.05, 0) is 91.7 Å². The van der Waals surface area contributed by atoms with Gasteiger partial charge in [0, 0.05) is 11.3 Å². The van der Waals surface area contributed by atoms with E-state index in [0.717, 1.165) is 27.0 Å². The number of nitrogens with one attached hydrogen (secondary N) is 2. The molecule has 0 saturated carbocycles. The van der Waals surface area contributed by atoms with Crippen molar-refractivity contribution in [3.63, 3.8) is 0 Å². The molecule has 47 heavy (non-hydrogen) atoms. The van der Waals surface area contributed by atoms with Crippen molar-refractivity contribution in [1.82, 2.24) is 5.32 Å². The summed E-state index contributed by atoms with van der Waals surface area (Å²) >= 11 is 7.58. The maximum atomic E-state index is 14.2. The van der Waals surface area contributed by atoms with Crippen LogP contribution < -0.4 is 45.2 Å². The zero-order chi connectivity index (χ0) is 34.0. The lowest BCUT2D eigenvalue weighted by atomic mass is 10.1. The minimum atomic E-state index is -4.94. The van der Waals surface area contributed by atoms with E-state index in [2.05, 4.69) is 10.6 Å². The summed E-state index contributed by atoms with van der Waals surface area (Å²) in [5.74, 6) is -0.919. The Labute approximate surface area is 281 Å². The molecule has 0 bridgehead atoms. The highest BCUT2D eigenvalue weighted by Gasteiger charge is 2.52. The fourth-order valence-electron chi connectivity index (χ4n) is 5.00. The molecule has 0 spiro atoms. The van der Waals surface area contributed by atoms with E-state index in [4.69, 9.17) is 30.2 Å². The molecule has 2 amide bonds. The van der Waals surface area contributed by atoms with Crippen LogP contribution in [0, 0.1) is 24.1 Å². The Hall–Kier alpha value is -4.37. The number of carbonyl (C=O) groups excluding carboxylic acids is 2. The third kappa shape index (κ3) is 9.35. The van der Waals surface area contributed by atoms with Crippen LogP contribution in [0.4, 0.5) is 5.69 Å². The van der Waals surface area contributed by atoms with Gasteiger partial charge >= 0.3 is 0 Å². The number of hydrogen-bond acceptors (Lipinski definition) is 6. The van der Waals surface area contributed by atoms with E-state index in [1.54, 1.807) is 12.1 Å². The van der Waals surface area contributed by atoms with Crippen molar-refractivity contribution in [1.29, 1.82) is 0 Å². The molecule has 5 aromatic carbocycles. The number of halogens is 2. The number of benzene rings is 5. The highest BCUT2D eigenvalue weighted by atomic mass is 35.7. The molecule has 8 nitrogen and oxygen atoms in total. The Bertz CT molecular complexity index is 1750. The molecule has 0 aliphatic heterocycles. The lowest BCUT2D eigenvalue weighted by Crippen LogP contribution is -2.68. The van der Waals surface area contributed by atoms with Gasteiger partial charge in [-0.1, -0.05) is 84.4 Å². The molecule has 5 rings (SSSR count). The van der Waals surface area contributed by atoms with Gasteiger partial charge in [-0.15, -0.1) is 10.2 Å². The highest BCUT2D eigenvalue weighted by Crippen LogP contribution is 2.64. The molecular formula is C36H31Cl2N2O6P. The van der Waals surface area contributed by atoms with E-state index in [1.165, 1.54) is 0 Å². The molecule has 0 unspecified atom stereocenters. The molecule has 0 fully saturated rings. The van der Waals surface area contributed by atoms with Crippen LogP contribution in [-0.2, 0) is 4.79 Å². The quantitative estimate of drug-likeness (QED) is 0.189. The number of rotatable bonds is 8. The lowest BCUT2D eigenvalue weighted by Gasteiger charge is -2.28. The molecule has 5 aromatic rings. The first kappa shape index (κ1) is 35.5. The predicted molar refractivity (Wildman–Crippen MR) is 176 cm³/mol. The van der Waals surface area contributed by atoms with E-state index >= 15 is 0 Å². The predicted octanol–water partition coefficient (Wildman–Crippen LogP) is 2.32. The van der Waals surface area contributed by atoms with E-state index in [1.807, 2.05) is 141 Å². The molecule has 0 aliphatic carbocycles. The van der Waals surface area contributed by atoms with Crippen molar-refractivity contribution in [2.24, 2.45) is 0 Å². The molecule has 0 heterocycles. The average Bonchev–Trinajstić information content (AvgIpc) is 3.04. The van der Waals surface area contributed by atoms with Gasteiger partial charge in [0.2, 0.25) is 4.77 Å². The summed E-state index contributed by atoms with van der Waals surface area (Å²) in [5.41, 5.74) is 2.98. The standard InChI is InChI=1S/C36H30ClN2O2P.ClHO4/c1-26-14-12-16-28(24-26)35(40)39-33(36(41)38-29-17-13-15-27(2)25-29)34(37)42(30-18-6-3-7-19-30,31-20-8-4-9-21-31)32-22-10-5-11-23-32;2-1(3,4)5/h3-25H,1-2H3,(H-,38,39,40,41);(H,2,3,4,5)/b34-33-;. The van der Waals surface area contributed by atoms with Crippen LogP contribution in [-0.4, -0.2) is 11.8 Å². The molecule has 240 valence electrons. The van der Waals surface area contributed by atoms with Crippen LogP contribution in [0.25, 0.3) is 0 Å². The van der Waals surface area contributed by atoms with Crippen LogP contribution >= 0.6 is 18.9 Å². The summed E-state index contributed by atoms with van der Waals surface area (Å²) in [7, 11) is -7.80. The van der Waals surface area contributed by atoms with Crippen molar-refractivity contribution in [2.75, 3.05) is 5.32 Å². The Kier molecular flexibility index (Phi) is 12.0. The maximum absolute atomic E-state index is 14.2. The van der Waals surface area contributed by atoms with Crippen LogP contribution in [0.2, 0.25) is 0 Å². The summed E-state index contributed by atoms with van der Waals surface area (Å²) in [6.45, 7) is 3.87. The number of carbonyl (C=O) groups is 2. The minimum absolute atomic E-state index is 0.00886. The topological polar surface area (TPSA) is 150 Å².